The minimum absolute atomic E-state index is 0.0450. The fourth-order valence-corrected chi connectivity index (χ4v) is 3.78. The van der Waals surface area contributed by atoms with Crippen molar-refractivity contribution >= 4 is 34.7 Å². The van der Waals surface area contributed by atoms with Crippen LogP contribution in [-0.2, 0) is 11.2 Å². The maximum Gasteiger partial charge on any atom is 0.247 e. The van der Waals surface area contributed by atoms with Crippen molar-refractivity contribution in [3.63, 3.8) is 0 Å². The Bertz CT molecular complexity index is 1040. The summed E-state index contributed by atoms with van der Waals surface area (Å²) in [6.07, 6.45) is 5.32. The van der Waals surface area contributed by atoms with E-state index < -0.39 is 0 Å². The van der Waals surface area contributed by atoms with Gasteiger partial charge in [-0.2, -0.15) is 9.50 Å². The molecule has 1 amide bonds. The van der Waals surface area contributed by atoms with Gasteiger partial charge in [0, 0.05) is 6.04 Å². The van der Waals surface area contributed by atoms with E-state index in [1.165, 1.54) is 0 Å². The molecule has 0 bridgehead atoms. The van der Waals surface area contributed by atoms with E-state index in [2.05, 4.69) is 31.0 Å². The number of anilines is 4. The number of carbonyl (C=O) groups excluding carboxylic acids is 1. The Hall–Kier alpha value is -3.20. The average molecular weight is 379 g/mol. The maximum atomic E-state index is 11.5. The van der Waals surface area contributed by atoms with Crippen LogP contribution in [0.15, 0.2) is 30.5 Å². The van der Waals surface area contributed by atoms with Crippen LogP contribution in [0.25, 0.3) is 5.65 Å². The van der Waals surface area contributed by atoms with Crippen LogP contribution in [0.5, 0.6) is 0 Å². The molecule has 3 aromatic rings. The lowest BCUT2D eigenvalue weighted by Gasteiger charge is -2.26. The predicted octanol–water partition coefficient (Wildman–Crippen LogP) is 2.08. The highest BCUT2D eigenvalue weighted by Gasteiger charge is 2.21. The summed E-state index contributed by atoms with van der Waals surface area (Å²) in [6.45, 7) is 0. The van der Waals surface area contributed by atoms with Crippen LogP contribution >= 0.6 is 0 Å². The number of nitrogens with one attached hydrogen (secondary N) is 3. The Morgan fingerprint density at radius 3 is 2.93 bits per heavy atom. The number of aromatic nitrogens is 4. The Morgan fingerprint density at radius 2 is 2.07 bits per heavy atom. The van der Waals surface area contributed by atoms with E-state index >= 15 is 0 Å². The van der Waals surface area contributed by atoms with Gasteiger partial charge in [-0.25, -0.2) is 0 Å². The molecule has 2 aliphatic rings. The molecule has 0 saturated heterocycles. The van der Waals surface area contributed by atoms with Crippen LogP contribution in [0.3, 0.4) is 0 Å². The van der Waals surface area contributed by atoms with Gasteiger partial charge in [0.15, 0.2) is 5.65 Å². The fraction of sp³-hybridized carbons (Fsp3) is 0.368. The molecule has 9 heteroatoms. The number of carbonyl (C=O) groups is 1. The van der Waals surface area contributed by atoms with Gasteiger partial charge in [-0.1, -0.05) is 6.07 Å². The summed E-state index contributed by atoms with van der Waals surface area (Å²) in [5, 5.41) is 23.7. The third kappa shape index (κ3) is 3.24. The molecule has 0 spiro atoms. The number of fused-ring (bicyclic) bond motifs is 2. The highest BCUT2D eigenvalue weighted by molar-refractivity contribution is 5.98. The Kier molecular flexibility index (Phi) is 4.09. The van der Waals surface area contributed by atoms with Crippen molar-refractivity contribution in [1.82, 2.24) is 19.6 Å². The third-order valence-electron chi connectivity index (χ3n) is 5.24. The summed E-state index contributed by atoms with van der Waals surface area (Å²) in [7, 11) is 0. The molecule has 4 N–H and O–H groups in total. The summed E-state index contributed by atoms with van der Waals surface area (Å²) in [6, 6.07) is 7.98. The minimum atomic E-state index is -0.179. The first-order valence-electron chi connectivity index (χ1n) is 9.50. The first-order valence-corrected chi connectivity index (χ1v) is 9.50. The van der Waals surface area contributed by atoms with E-state index in [0.717, 1.165) is 48.5 Å². The molecule has 28 heavy (non-hydrogen) atoms. The zero-order valence-electron chi connectivity index (χ0n) is 15.2. The summed E-state index contributed by atoms with van der Waals surface area (Å²) < 4.78 is 1.77. The van der Waals surface area contributed by atoms with E-state index in [4.69, 9.17) is 0 Å². The molecular weight excluding hydrogens is 358 g/mol. The zero-order chi connectivity index (χ0) is 19.1. The molecule has 0 atom stereocenters. The monoisotopic (exact) mass is 379 g/mol. The highest BCUT2D eigenvalue weighted by Crippen LogP contribution is 2.26. The van der Waals surface area contributed by atoms with Crippen LogP contribution < -0.4 is 16.0 Å². The lowest BCUT2D eigenvalue weighted by molar-refractivity contribution is -0.115. The third-order valence-corrected chi connectivity index (χ3v) is 5.24. The molecule has 144 valence electrons. The number of aliphatic hydroxyl groups excluding tert-OH is 1. The number of rotatable bonds is 4. The van der Waals surface area contributed by atoms with Gasteiger partial charge in [0.25, 0.3) is 0 Å². The highest BCUT2D eigenvalue weighted by atomic mass is 16.3. The van der Waals surface area contributed by atoms with Crippen molar-refractivity contribution in [2.45, 2.75) is 44.2 Å². The van der Waals surface area contributed by atoms with E-state index in [1.807, 2.05) is 24.3 Å². The normalized spacial score (nSPS) is 21.4. The quantitative estimate of drug-likeness (QED) is 0.548. The molecule has 1 aliphatic carbocycles. The lowest BCUT2D eigenvalue weighted by atomic mass is 9.93. The largest absolute Gasteiger partial charge is 0.393 e. The number of pyridine rings is 2. The molecule has 9 nitrogen and oxygen atoms in total. The molecule has 1 saturated carbocycles. The lowest BCUT2D eigenvalue weighted by Crippen LogP contribution is -2.29. The second-order valence-electron chi connectivity index (χ2n) is 7.33. The second kappa shape index (κ2) is 6.75. The number of nitrogens with zero attached hydrogens (tertiary/aromatic N) is 4. The average Bonchev–Trinajstić information content (AvgIpc) is 3.26. The molecule has 1 aliphatic heterocycles. The van der Waals surface area contributed by atoms with E-state index in [9.17, 15) is 9.90 Å². The second-order valence-corrected chi connectivity index (χ2v) is 7.33. The van der Waals surface area contributed by atoms with E-state index in [1.54, 1.807) is 10.7 Å². The molecule has 5 rings (SSSR count). The summed E-state index contributed by atoms with van der Waals surface area (Å²) in [5.74, 6) is 1.29. The van der Waals surface area contributed by atoms with Crippen molar-refractivity contribution in [2.75, 3.05) is 16.0 Å². The van der Waals surface area contributed by atoms with Gasteiger partial charge in [-0.15, -0.1) is 5.10 Å². The van der Waals surface area contributed by atoms with Gasteiger partial charge in [-0.3, -0.25) is 9.78 Å². The topological polar surface area (TPSA) is 116 Å². The first kappa shape index (κ1) is 16.9. The van der Waals surface area contributed by atoms with Crippen LogP contribution in [0.2, 0.25) is 0 Å². The van der Waals surface area contributed by atoms with Gasteiger partial charge >= 0.3 is 0 Å². The van der Waals surface area contributed by atoms with Crippen LogP contribution in [0, 0.1) is 0 Å². The summed E-state index contributed by atoms with van der Waals surface area (Å²) in [4.78, 5) is 20.3. The van der Waals surface area contributed by atoms with E-state index in [0.29, 0.717) is 24.1 Å². The summed E-state index contributed by atoms with van der Waals surface area (Å²) >= 11 is 0. The van der Waals surface area contributed by atoms with Crippen molar-refractivity contribution in [1.29, 1.82) is 0 Å². The number of aliphatic hydroxyl groups is 1. The van der Waals surface area contributed by atoms with Gasteiger partial charge in [0.05, 0.1) is 35.8 Å². The minimum Gasteiger partial charge on any atom is -0.393 e. The fourth-order valence-electron chi connectivity index (χ4n) is 3.78. The molecule has 0 aromatic carbocycles. The van der Waals surface area contributed by atoms with Crippen LogP contribution in [-0.4, -0.2) is 42.7 Å². The van der Waals surface area contributed by atoms with Crippen LogP contribution in [0.4, 0.5) is 23.1 Å². The van der Waals surface area contributed by atoms with Crippen molar-refractivity contribution in [2.24, 2.45) is 0 Å². The van der Waals surface area contributed by atoms with Gasteiger partial charge in [-0.05, 0) is 43.9 Å². The molecular formula is C19H21N7O2. The van der Waals surface area contributed by atoms with Crippen molar-refractivity contribution in [3.05, 3.63) is 36.2 Å². The molecule has 3 aromatic heterocycles. The predicted molar refractivity (Wildman–Crippen MR) is 105 cm³/mol. The molecule has 1 fully saturated rings. The Labute approximate surface area is 161 Å². The number of amides is 1. The summed E-state index contributed by atoms with van der Waals surface area (Å²) in [5.41, 5.74) is 2.92. The molecule has 4 heterocycles. The Morgan fingerprint density at radius 1 is 1.21 bits per heavy atom. The zero-order valence-corrected chi connectivity index (χ0v) is 15.2. The first-order chi connectivity index (χ1) is 13.6. The molecule has 0 unspecified atom stereocenters. The van der Waals surface area contributed by atoms with Crippen molar-refractivity contribution in [3.8, 4) is 0 Å². The van der Waals surface area contributed by atoms with Crippen LogP contribution in [0.1, 0.15) is 31.4 Å². The van der Waals surface area contributed by atoms with E-state index in [-0.39, 0.29) is 12.0 Å². The number of hydrogen-bond donors (Lipinski definition) is 4. The van der Waals surface area contributed by atoms with Gasteiger partial charge in [0.2, 0.25) is 11.9 Å². The van der Waals surface area contributed by atoms with Crippen molar-refractivity contribution < 1.29 is 9.90 Å². The SMILES string of the molecule is O=C1Cc2ncc(Nc3nc4cccc(NC5CCC(O)CC5)n4n3)cc2N1. The smallest absolute Gasteiger partial charge is 0.247 e. The number of hydrogen-bond acceptors (Lipinski definition) is 7. The molecule has 0 radical (unpaired) electrons. The van der Waals surface area contributed by atoms with Gasteiger partial charge < -0.3 is 21.1 Å². The Balaban J connectivity index is 1.37. The van der Waals surface area contributed by atoms with Gasteiger partial charge in [0.1, 0.15) is 5.82 Å². The standard InChI is InChI=1S/C19H21N7O2/c27-13-6-4-11(5-7-13)21-16-2-1-3-17-24-19(25-26(16)17)22-12-8-15-14(20-10-12)9-18(28)23-15/h1-3,8,10-11,13,21,27H,4-7,9H2,(H,22,25)(H,23,28). The maximum absolute atomic E-state index is 11.5.